The van der Waals surface area contributed by atoms with Gasteiger partial charge in [0.15, 0.2) is 0 Å². The van der Waals surface area contributed by atoms with Crippen molar-refractivity contribution < 1.29 is 19.5 Å². The number of amides is 3. The van der Waals surface area contributed by atoms with Crippen LogP contribution in [0.15, 0.2) is 0 Å². The summed E-state index contributed by atoms with van der Waals surface area (Å²) in [5, 5.41) is 8.94. The van der Waals surface area contributed by atoms with Crippen molar-refractivity contribution in [3.05, 3.63) is 0 Å². The minimum Gasteiger partial charge on any atom is -0.480 e. The maximum Gasteiger partial charge on any atom is 0.323 e. The van der Waals surface area contributed by atoms with E-state index in [0.29, 0.717) is 25.9 Å². The number of nitrogens with zero attached hydrogens (tertiary/aromatic N) is 2. The first-order chi connectivity index (χ1) is 9.12. The fraction of sp³-hybridized carbons (Fsp3) is 0.769. The number of nitrogens with two attached hydrogens (primary N) is 1. The first kappa shape index (κ1) is 16.3. The molecular formula is C13H23N3O4. The largest absolute Gasteiger partial charge is 0.480 e. The van der Waals surface area contributed by atoms with Crippen molar-refractivity contribution >= 4 is 17.9 Å². The lowest BCUT2D eigenvalue weighted by molar-refractivity contribution is -0.138. The zero-order chi connectivity index (χ0) is 15.5. The summed E-state index contributed by atoms with van der Waals surface area (Å²) in [5.74, 6) is -1.57. The van der Waals surface area contributed by atoms with Crippen LogP contribution in [0.2, 0.25) is 0 Å². The standard InChI is InChI=1S/C13H23N3O4/c1-13(2,3)16(8-10(17)18)12(20)15-6-4-9(5-7-15)11(14)19/h9H,4-8H2,1-3H3,(H2,14,19)(H,17,18). The first-order valence-electron chi connectivity index (χ1n) is 6.70. The fourth-order valence-electron chi connectivity index (χ4n) is 2.25. The van der Waals surface area contributed by atoms with E-state index >= 15 is 0 Å². The maximum absolute atomic E-state index is 12.4. The molecule has 0 aromatic carbocycles. The van der Waals surface area contributed by atoms with Crippen LogP contribution in [0.4, 0.5) is 4.79 Å². The summed E-state index contributed by atoms with van der Waals surface area (Å²) >= 11 is 0. The summed E-state index contributed by atoms with van der Waals surface area (Å²) < 4.78 is 0. The van der Waals surface area contributed by atoms with Gasteiger partial charge in [-0.2, -0.15) is 0 Å². The second-order valence-corrected chi connectivity index (χ2v) is 6.10. The highest BCUT2D eigenvalue weighted by Gasteiger charge is 2.34. The Kier molecular flexibility index (Phi) is 4.97. The summed E-state index contributed by atoms with van der Waals surface area (Å²) in [5.41, 5.74) is 4.68. The average Bonchev–Trinajstić information content (AvgIpc) is 2.33. The number of primary amides is 1. The van der Waals surface area contributed by atoms with Crippen molar-refractivity contribution in [1.29, 1.82) is 0 Å². The van der Waals surface area contributed by atoms with Crippen LogP contribution in [-0.4, -0.2) is 58.0 Å². The van der Waals surface area contributed by atoms with Crippen molar-refractivity contribution in [1.82, 2.24) is 9.80 Å². The van der Waals surface area contributed by atoms with Crippen molar-refractivity contribution in [2.45, 2.75) is 39.2 Å². The molecule has 20 heavy (non-hydrogen) atoms. The molecule has 0 atom stereocenters. The minimum absolute atomic E-state index is 0.193. The van der Waals surface area contributed by atoms with Crippen LogP contribution >= 0.6 is 0 Å². The van der Waals surface area contributed by atoms with Crippen LogP contribution in [0.3, 0.4) is 0 Å². The van der Waals surface area contributed by atoms with Crippen LogP contribution in [0.5, 0.6) is 0 Å². The molecule has 1 heterocycles. The van der Waals surface area contributed by atoms with Crippen molar-refractivity contribution in [3.63, 3.8) is 0 Å². The van der Waals surface area contributed by atoms with Crippen molar-refractivity contribution in [2.24, 2.45) is 11.7 Å². The predicted octanol–water partition coefficient (Wildman–Crippen LogP) is 0.489. The van der Waals surface area contributed by atoms with Gasteiger partial charge in [-0.25, -0.2) is 4.79 Å². The highest BCUT2D eigenvalue weighted by atomic mass is 16.4. The molecule has 7 heteroatoms. The van der Waals surface area contributed by atoms with Gasteiger partial charge in [0.05, 0.1) is 0 Å². The lowest BCUT2D eigenvalue weighted by Crippen LogP contribution is -2.55. The van der Waals surface area contributed by atoms with Gasteiger partial charge in [0.25, 0.3) is 0 Å². The van der Waals surface area contributed by atoms with Gasteiger partial charge in [-0.15, -0.1) is 0 Å². The second-order valence-electron chi connectivity index (χ2n) is 6.10. The summed E-state index contributed by atoms with van der Waals surface area (Å²) in [6.45, 7) is 5.91. The molecule has 0 bridgehead atoms. The Morgan fingerprint density at radius 2 is 1.75 bits per heavy atom. The Labute approximate surface area is 118 Å². The normalized spacial score (nSPS) is 16.9. The molecule has 0 aliphatic carbocycles. The molecule has 0 spiro atoms. The number of hydrogen-bond acceptors (Lipinski definition) is 3. The Morgan fingerprint density at radius 1 is 1.25 bits per heavy atom. The third-order valence-electron chi connectivity index (χ3n) is 3.50. The lowest BCUT2D eigenvalue weighted by atomic mass is 9.96. The lowest BCUT2D eigenvalue weighted by Gasteiger charge is -2.40. The SMILES string of the molecule is CC(C)(C)N(CC(=O)O)C(=O)N1CCC(C(N)=O)CC1. The molecule has 0 aromatic heterocycles. The molecule has 3 N–H and O–H groups in total. The van der Waals surface area contributed by atoms with Gasteiger partial charge < -0.3 is 20.6 Å². The predicted molar refractivity (Wildman–Crippen MR) is 73.0 cm³/mol. The Morgan fingerprint density at radius 3 is 2.10 bits per heavy atom. The van der Waals surface area contributed by atoms with Crippen molar-refractivity contribution in [2.75, 3.05) is 19.6 Å². The quantitative estimate of drug-likeness (QED) is 0.787. The van der Waals surface area contributed by atoms with Crippen LogP contribution < -0.4 is 5.73 Å². The van der Waals surface area contributed by atoms with Gasteiger partial charge in [0, 0.05) is 24.5 Å². The van der Waals surface area contributed by atoms with Crippen LogP contribution in [0.1, 0.15) is 33.6 Å². The van der Waals surface area contributed by atoms with Crippen LogP contribution in [0.25, 0.3) is 0 Å². The van der Waals surface area contributed by atoms with E-state index in [0.717, 1.165) is 0 Å². The zero-order valence-electron chi connectivity index (χ0n) is 12.3. The molecule has 1 fully saturated rings. The number of hydrogen-bond donors (Lipinski definition) is 2. The number of urea groups is 1. The second kappa shape index (κ2) is 6.11. The van der Waals surface area contributed by atoms with Crippen LogP contribution in [-0.2, 0) is 9.59 Å². The Hall–Kier alpha value is -1.79. The number of carboxylic acids is 1. The molecule has 3 amide bonds. The summed E-state index contributed by atoms with van der Waals surface area (Å²) in [6, 6.07) is -0.303. The third kappa shape index (κ3) is 4.11. The number of carboxylic acid groups (broad SMARTS) is 1. The molecular weight excluding hydrogens is 262 g/mol. The number of likely N-dealkylation sites (tertiary alicyclic amines) is 1. The summed E-state index contributed by atoms with van der Waals surface area (Å²) in [4.78, 5) is 37.4. The van der Waals surface area contributed by atoms with Gasteiger partial charge in [-0.3, -0.25) is 9.59 Å². The van der Waals surface area contributed by atoms with E-state index in [9.17, 15) is 14.4 Å². The highest BCUT2D eigenvalue weighted by Crippen LogP contribution is 2.21. The number of aliphatic carboxylic acids is 1. The molecule has 1 aliphatic rings. The van der Waals surface area contributed by atoms with Gasteiger partial charge in [0.2, 0.25) is 5.91 Å². The summed E-state index contributed by atoms with van der Waals surface area (Å²) in [6.07, 6.45) is 1.07. The van der Waals surface area contributed by atoms with Crippen molar-refractivity contribution in [3.8, 4) is 0 Å². The van der Waals surface area contributed by atoms with Crippen LogP contribution in [0, 0.1) is 5.92 Å². The molecule has 0 unspecified atom stereocenters. The maximum atomic E-state index is 12.4. The van der Waals surface area contributed by atoms with Gasteiger partial charge in [-0.05, 0) is 33.6 Å². The fourth-order valence-corrected chi connectivity index (χ4v) is 2.25. The minimum atomic E-state index is -1.04. The average molecular weight is 285 g/mol. The van der Waals surface area contributed by atoms with E-state index in [1.54, 1.807) is 25.7 Å². The van der Waals surface area contributed by atoms with Gasteiger partial charge >= 0.3 is 12.0 Å². The molecule has 0 aromatic rings. The molecule has 0 saturated carbocycles. The molecule has 7 nitrogen and oxygen atoms in total. The third-order valence-corrected chi connectivity index (χ3v) is 3.50. The molecule has 1 saturated heterocycles. The molecule has 114 valence electrons. The van der Waals surface area contributed by atoms with E-state index in [-0.39, 0.29) is 24.4 Å². The number of rotatable bonds is 3. The van der Waals surface area contributed by atoms with E-state index in [1.807, 2.05) is 0 Å². The van der Waals surface area contributed by atoms with Gasteiger partial charge in [-0.1, -0.05) is 0 Å². The zero-order valence-corrected chi connectivity index (χ0v) is 12.3. The Balaban J connectivity index is 2.72. The number of carbonyl (C=O) groups is 3. The van der Waals surface area contributed by atoms with E-state index in [2.05, 4.69) is 0 Å². The number of carbonyl (C=O) groups excluding carboxylic acids is 2. The number of piperidine rings is 1. The first-order valence-corrected chi connectivity index (χ1v) is 6.70. The smallest absolute Gasteiger partial charge is 0.323 e. The Bertz CT molecular complexity index is 395. The van der Waals surface area contributed by atoms with E-state index in [4.69, 9.17) is 10.8 Å². The monoisotopic (exact) mass is 285 g/mol. The highest BCUT2D eigenvalue weighted by molar-refractivity contribution is 5.81. The van der Waals surface area contributed by atoms with Gasteiger partial charge in [0.1, 0.15) is 6.54 Å². The topological polar surface area (TPSA) is 104 Å². The molecule has 0 radical (unpaired) electrons. The van der Waals surface area contributed by atoms with E-state index in [1.165, 1.54) is 4.90 Å². The van der Waals surface area contributed by atoms with E-state index < -0.39 is 11.5 Å². The summed E-state index contributed by atoms with van der Waals surface area (Å²) in [7, 11) is 0. The molecule has 1 rings (SSSR count). The molecule has 1 aliphatic heterocycles.